The summed E-state index contributed by atoms with van der Waals surface area (Å²) in [7, 11) is 0. The molecule has 0 saturated carbocycles. The predicted molar refractivity (Wildman–Crippen MR) is 131 cm³/mol. The van der Waals surface area contributed by atoms with Crippen LogP contribution in [-0.2, 0) is 22.5 Å². The van der Waals surface area contributed by atoms with E-state index in [0.29, 0.717) is 11.0 Å². The maximum absolute atomic E-state index is 13.2. The molecule has 0 spiro atoms. The van der Waals surface area contributed by atoms with Crippen LogP contribution in [0.25, 0.3) is 11.0 Å². The molecule has 0 bridgehead atoms. The molecule has 2 atom stereocenters. The number of amides is 1. The smallest absolute Gasteiger partial charge is 0.326 e. The van der Waals surface area contributed by atoms with Gasteiger partial charge in [-0.25, -0.2) is 13.3 Å². The molecule has 2 unspecified atom stereocenters. The molecule has 12 heteroatoms. The van der Waals surface area contributed by atoms with Gasteiger partial charge < -0.3 is 10.4 Å². The van der Waals surface area contributed by atoms with E-state index in [-0.39, 0.29) is 28.4 Å². The summed E-state index contributed by atoms with van der Waals surface area (Å²) in [6, 6.07) is 9.62. The number of hydrogen-bond acceptors (Lipinski definition) is 6. The quantitative estimate of drug-likeness (QED) is 0.301. The van der Waals surface area contributed by atoms with Crippen molar-refractivity contribution in [1.29, 1.82) is 0 Å². The Labute approximate surface area is 205 Å². The summed E-state index contributed by atoms with van der Waals surface area (Å²) >= 11 is 4.95. The average molecular weight is 517 g/mol. The average Bonchev–Trinajstić information content (AvgIpc) is 3.32. The number of nitrogens with zero attached hydrogens (tertiary/aromatic N) is 3. The summed E-state index contributed by atoms with van der Waals surface area (Å²) < 4.78 is 23.7. The normalized spacial score (nSPS) is 12.8. The van der Waals surface area contributed by atoms with Crippen LogP contribution >= 0.6 is 22.9 Å². The van der Waals surface area contributed by atoms with Crippen molar-refractivity contribution < 1.29 is 23.5 Å². The molecule has 3 N–H and O–H groups in total. The lowest BCUT2D eigenvalue weighted by molar-refractivity contribution is -0.139. The molecule has 174 valence electrons. The molecular formula is C22H17ClN4O5S2. The van der Waals surface area contributed by atoms with Gasteiger partial charge in [-0.2, -0.15) is 11.3 Å². The first kappa shape index (κ1) is 23.8. The summed E-state index contributed by atoms with van der Waals surface area (Å²) in [6.45, 7) is 0. The Morgan fingerprint density at radius 1 is 1.15 bits per heavy atom. The molecule has 2 aromatic heterocycles. The van der Waals surface area contributed by atoms with Crippen molar-refractivity contribution in [2.75, 3.05) is 4.31 Å². The van der Waals surface area contributed by atoms with Gasteiger partial charge in [0.05, 0.1) is 22.5 Å². The van der Waals surface area contributed by atoms with Crippen molar-refractivity contribution in [1.82, 2.24) is 15.3 Å². The number of anilines is 2. The fraction of sp³-hybridized carbons (Fsp3) is 0.0909. The Morgan fingerprint density at radius 2 is 1.94 bits per heavy atom. The Kier molecular flexibility index (Phi) is 7.17. The first-order valence-corrected chi connectivity index (χ1v) is 12.2. The van der Waals surface area contributed by atoms with Crippen LogP contribution in [0.15, 0.2) is 65.6 Å². The highest BCUT2D eigenvalue weighted by Crippen LogP contribution is 2.35. The Bertz CT molecular complexity index is 1380. The molecule has 0 aliphatic heterocycles. The summed E-state index contributed by atoms with van der Waals surface area (Å²) in [4.78, 5) is 33.5. The van der Waals surface area contributed by atoms with Crippen LogP contribution in [0.4, 0.5) is 11.4 Å². The standard InChI is InChI=1S/C22H17ClN4O5S2/c23-14-4-5-15(21(28)26-17(22(29)30)10-13-6-9-33-12-13)19(11-14)27(34(31)32)18-3-1-2-16-20(18)25-8-7-24-16/h1-9,11-12,17H,10H2,(H,26,28)(H,29,30)(H,31,32). The lowest BCUT2D eigenvalue weighted by Crippen LogP contribution is -2.42. The predicted octanol–water partition coefficient (Wildman–Crippen LogP) is 4.05. The van der Waals surface area contributed by atoms with Crippen molar-refractivity contribution in [3.05, 3.63) is 81.8 Å². The van der Waals surface area contributed by atoms with E-state index in [9.17, 15) is 23.5 Å². The fourth-order valence-corrected chi connectivity index (χ4v) is 4.87. The highest BCUT2D eigenvalue weighted by atomic mass is 35.5. The number of para-hydroxylation sites is 1. The maximum Gasteiger partial charge on any atom is 0.326 e. The number of carbonyl (C=O) groups excluding carboxylic acids is 1. The molecular weight excluding hydrogens is 500 g/mol. The van der Waals surface area contributed by atoms with Gasteiger partial charge >= 0.3 is 5.97 Å². The number of carbonyl (C=O) groups is 2. The number of carboxylic acid groups (broad SMARTS) is 1. The number of halogens is 1. The van der Waals surface area contributed by atoms with E-state index >= 15 is 0 Å². The second-order valence-corrected chi connectivity index (χ2v) is 9.13. The zero-order chi connectivity index (χ0) is 24.2. The topological polar surface area (TPSA) is 133 Å². The summed E-state index contributed by atoms with van der Waals surface area (Å²) in [5, 5.41) is 16.0. The number of aromatic nitrogens is 2. The molecule has 4 rings (SSSR count). The van der Waals surface area contributed by atoms with Crippen LogP contribution in [0.1, 0.15) is 15.9 Å². The van der Waals surface area contributed by atoms with Gasteiger partial charge in [0.1, 0.15) is 11.6 Å². The van der Waals surface area contributed by atoms with E-state index < -0.39 is 29.2 Å². The van der Waals surface area contributed by atoms with Crippen LogP contribution in [-0.4, -0.2) is 41.8 Å². The third-order valence-electron chi connectivity index (χ3n) is 4.90. The van der Waals surface area contributed by atoms with Gasteiger partial charge in [-0.3, -0.25) is 19.3 Å². The minimum Gasteiger partial charge on any atom is -0.480 e. The van der Waals surface area contributed by atoms with Crippen molar-refractivity contribution in [3.63, 3.8) is 0 Å². The van der Waals surface area contributed by atoms with Crippen molar-refractivity contribution in [3.8, 4) is 0 Å². The molecule has 34 heavy (non-hydrogen) atoms. The second kappa shape index (κ2) is 10.3. The lowest BCUT2D eigenvalue weighted by atomic mass is 10.1. The molecule has 0 fully saturated rings. The van der Waals surface area contributed by atoms with Crippen LogP contribution in [0.5, 0.6) is 0 Å². The molecule has 0 radical (unpaired) electrons. The molecule has 4 aromatic rings. The van der Waals surface area contributed by atoms with Gasteiger partial charge in [0.25, 0.3) is 17.2 Å². The summed E-state index contributed by atoms with van der Waals surface area (Å²) in [5.41, 5.74) is 1.76. The minimum atomic E-state index is -2.63. The van der Waals surface area contributed by atoms with Gasteiger partial charge in [-0.05, 0) is 52.7 Å². The van der Waals surface area contributed by atoms with Gasteiger partial charge in [-0.1, -0.05) is 17.7 Å². The molecule has 9 nitrogen and oxygen atoms in total. The Hall–Kier alpha value is -3.38. The van der Waals surface area contributed by atoms with E-state index in [1.165, 1.54) is 41.9 Å². The van der Waals surface area contributed by atoms with Crippen LogP contribution in [0, 0.1) is 0 Å². The largest absolute Gasteiger partial charge is 0.480 e. The third kappa shape index (κ3) is 5.07. The minimum absolute atomic E-state index is 0.00339. The molecule has 0 saturated heterocycles. The van der Waals surface area contributed by atoms with Gasteiger partial charge in [0.2, 0.25) is 0 Å². The highest BCUT2D eigenvalue weighted by molar-refractivity contribution is 7.81. The summed E-state index contributed by atoms with van der Waals surface area (Å²) in [6.07, 6.45) is 3.02. The molecule has 0 aliphatic rings. The summed E-state index contributed by atoms with van der Waals surface area (Å²) in [5.74, 6) is -1.95. The number of benzene rings is 2. The van der Waals surface area contributed by atoms with Crippen LogP contribution in [0.3, 0.4) is 0 Å². The van der Waals surface area contributed by atoms with E-state index in [0.717, 1.165) is 9.87 Å². The van der Waals surface area contributed by atoms with Crippen molar-refractivity contribution in [2.45, 2.75) is 12.5 Å². The fourth-order valence-electron chi connectivity index (χ4n) is 3.38. The number of fused-ring (bicyclic) bond motifs is 1. The SMILES string of the molecule is O=C(NC(Cc1ccsc1)C(=O)O)c1ccc(Cl)cc1N(c1cccc2nccnc12)S(=O)O. The first-order valence-electron chi connectivity index (χ1n) is 9.80. The van der Waals surface area contributed by atoms with E-state index in [1.807, 2.05) is 5.38 Å². The zero-order valence-electron chi connectivity index (χ0n) is 17.3. The molecule has 0 aliphatic carbocycles. The number of aliphatic carboxylic acids is 1. The van der Waals surface area contributed by atoms with Crippen molar-refractivity contribution >= 4 is 68.5 Å². The second-order valence-electron chi connectivity index (χ2n) is 7.09. The monoisotopic (exact) mass is 516 g/mol. The lowest BCUT2D eigenvalue weighted by Gasteiger charge is -2.24. The molecule has 2 aromatic carbocycles. The highest BCUT2D eigenvalue weighted by Gasteiger charge is 2.27. The maximum atomic E-state index is 13.2. The third-order valence-corrected chi connectivity index (χ3v) is 6.57. The molecule has 1 amide bonds. The zero-order valence-corrected chi connectivity index (χ0v) is 19.7. The number of thiophene rings is 1. The van der Waals surface area contributed by atoms with Crippen molar-refractivity contribution in [2.24, 2.45) is 0 Å². The van der Waals surface area contributed by atoms with Gasteiger partial charge in [-0.15, -0.1) is 0 Å². The van der Waals surface area contributed by atoms with E-state index in [2.05, 4.69) is 15.3 Å². The number of hydrogen-bond donors (Lipinski definition) is 3. The molecule has 2 heterocycles. The van der Waals surface area contributed by atoms with Crippen LogP contribution < -0.4 is 9.62 Å². The first-order chi connectivity index (χ1) is 16.3. The van der Waals surface area contributed by atoms with Crippen LogP contribution in [0.2, 0.25) is 5.02 Å². The Balaban J connectivity index is 1.76. The van der Waals surface area contributed by atoms with Gasteiger partial charge in [0, 0.05) is 23.8 Å². The number of nitrogens with one attached hydrogen (secondary N) is 1. The van der Waals surface area contributed by atoms with Gasteiger partial charge in [0.15, 0.2) is 0 Å². The Morgan fingerprint density at radius 3 is 2.65 bits per heavy atom. The number of rotatable bonds is 8. The van der Waals surface area contributed by atoms with E-state index in [1.54, 1.807) is 29.6 Å². The van der Waals surface area contributed by atoms with E-state index in [4.69, 9.17) is 11.6 Å². The number of carboxylic acids is 1.